The van der Waals surface area contributed by atoms with Crippen LogP contribution in [0.15, 0.2) is 18.2 Å². The normalized spacial score (nSPS) is 21.0. The number of nitrogens with zero attached hydrogens (tertiary/aromatic N) is 1. The number of carbonyl (C=O) groups is 1. The zero-order valence-electron chi connectivity index (χ0n) is 17.8. The number of ether oxygens (including phenoxy) is 2. The number of carbonyl (C=O) groups excluding carboxylic acids is 1. The molecule has 1 fully saturated rings. The van der Waals surface area contributed by atoms with Crippen molar-refractivity contribution in [2.45, 2.75) is 70.4 Å². The maximum absolute atomic E-state index is 10.9. The third-order valence-electron chi connectivity index (χ3n) is 6.28. The van der Waals surface area contributed by atoms with E-state index in [1.807, 2.05) is 0 Å². The fourth-order valence-corrected chi connectivity index (χ4v) is 5.02. The van der Waals surface area contributed by atoms with E-state index < -0.39 is 14.4 Å². The van der Waals surface area contributed by atoms with E-state index in [2.05, 4.69) is 57.0 Å². The van der Waals surface area contributed by atoms with Gasteiger partial charge in [-0.15, -0.1) is 0 Å². The standard InChI is InChI=1S/C21H34N2O4Si/c1-21(2,3)28(4,5)27-17-8-10-23(11-9-17)16-7-6-15-12-18(26-20(22)24)14-25-19(15)13-16/h6-7,13,17-18H,8-12,14H2,1-5H3,(H2,22,24)/t18-/m1/s1. The zero-order valence-corrected chi connectivity index (χ0v) is 18.8. The molecule has 28 heavy (non-hydrogen) atoms. The molecule has 2 aliphatic rings. The first-order valence-corrected chi connectivity index (χ1v) is 13.1. The third-order valence-corrected chi connectivity index (χ3v) is 10.8. The van der Waals surface area contributed by atoms with Crippen LogP contribution in [0.25, 0.3) is 0 Å². The van der Waals surface area contributed by atoms with E-state index in [1.165, 1.54) is 5.69 Å². The molecule has 2 heterocycles. The number of rotatable bonds is 4. The van der Waals surface area contributed by atoms with Gasteiger partial charge in [-0.3, -0.25) is 0 Å². The van der Waals surface area contributed by atoms with Crippen LogP contribution in [0.5, 0.6) is 5.75 Å². The van der Waals surface area contributed by atoms with Crippen molar-refractivity contribution in [2.24, 2.45) is 5.73 Å². The largest absolute Gasteiger partial charge is 0.489 e. The Morgan fingerprint density at radius 3 is 2.50 bits per heavy atom. The maximum atomic E-state index is 10.9. The Balaban J connectivity index is 1.58. The van der Waals surface area contributed by atoms with E-state index in [9.17, 15) is 4.79 Å². The number of piperidine rings is 1. The molecule has 1 aromatic carbocycles. The molecule has 0 aromatic heterocycles. The van der Waals surface area contributed by atoms with Crippen molar-refractivity contribution in [2.75, 3.05) is 24.6 Å². The third kappa shape index (κ3) is 4.81. The molecule has 0 unspecified atom stereocenters. The van der Waals surface area contributed by atoms with Gasteiger partial charge in [-0.1, -0.05) is 26.8 Å². The van der Waals surface area contributed by atoms with Gasteiger partial charge in [-0.25, -0.2) is 4.79 Å². The summed E-state index contributed by atoms with van der Waals surface area (Å²) in [6.07, 6.45) is 2.05. The summed E-state index contributed by atoms with van der Waals surface area (Å²) in [5, 5.41) is 0.246. The van der Waals surface area contributed by atoms with Crippen LogP contribution in [-0.2, 0) is 15.6 Å². The Labute approximate surface area is 169 Å². The van der Waals surface area contributed by atoms with Crippen LogP contribution in [0, 0.1) is 0 Å². The van der Waals surface area contributed by atoms with Crippen LogP contribution in [-0.4, -0.2) is 46.3 Å². The number of hydrogen-bond acceptors (Lipinski definition) is 5. The minimum absolute atomic E-state index is 0.246. The van der Waals surface area contributed by atoms with Crippen molar-refractivity contribution in [3.05, 3.63) is 23.8 Å². The lowest BCUT2D eigenvalue weighted by Gasteiger charge is -2.42. The van der Waals surface area contributed by atoms with Gasteiger partial charge in [0.25, 0.3) is 0 Å². The van der Waals surface area contributed by atoms with Crippen molar-refractivity contribution in [1.82, 2.24) is 0 Å². The van der Waals surface area contributed by atoms with Crippen molar-refractivity contribution < 1.29 is 18.7 Å². The number of benzene rings is 1. The fraction of sp³-hybridized carbons (Fsp3) is 0.667. The molecule has 7 heteroatoms. The highest BCUT2D eigenvalue weighted by Crippen LogP contribution is 2.39. The number of primary amides is 1. The Morgan fingerprint density at radius 2 is 1.89 bits per heavy atom. The van der Waals surface area contributed by atoms with Gasteiger partial charge in [0.15, 0.2) is 8.32 Å². The summed E-state index contributed by atoms with van der Waals surface area (Å²) in [6.45, 7) is 13.9. The van der Waals surface area contributed by atoms with E-state index in [0.717, 1.165) is 37.2 Å². The van der Waals surface area contributed by atoms with Crippen molar-refractivity contribution in [3.8, 4) is 5.75 Å². The zero-order chi connectivity index (χ0) is 20.5. The molecular weight excluding hydrogens is 372 g/mol. The smallest absolute Gasteiger partial charge is 0.404 e. The van der Waals surface area contributed by atoms with Gasteiger partial charge in [-0.2, -0.15) is 0 Å². The van der Waals surface area contributed by atoms with E-state index in [1.54, 1.807) is 0 Å². The topological polar surface area (TPSA) is 74.0 Å². The summed E-state index contributed by atoms with van der Waals surface area (Å²) >= 11 is 0. The molecule has 3 rings (SSSR count). The molecule has 156 valence electrons. The predicted octanol–water partition coefficient (Wildman–Crippen LogP) is 4.08. The Kier molecular flexibility index (Phi) is 5.96. The quantitative estimate of drug-likeness (QED) is 0.763. The van der Waals surface area contributed by atoms with Gasteiger partial charge in [0.2, 0.25) is 0 Å². The first-order chi connectivity index (χ1) is 13.0. The summed E-state index contributed by atoms with van der Waals surface area (Å²) in [4.78, 5) is 13.3. The molecule has 0 bridgehead atoms. The van der Waals surface area contributed by atoms with Crippen molar-refractivity contribution in [1.29, 1.82) is 0 Å². The molecule has 2 aliphatic heterocycles. The van der Waals surface area contributed by atoms with Gasteiger partial charge in [0.05, 0.1) is 0 Å². The Bertz CT molecular complexity index is 709. The maximum Gasteiger partial charge on any atom is 0.404 e. The summed E-state index contributed by atoms with van der Waals surface area (Å²) in [6, 6.07) is 6.30. The molecule has 0 radical (unpaired) electrons. The summed E-state index contributed by atoms with van der Waals surface area (Å²) in [5.74, 6) is 0.876. The van der Waals surface area contributed by atoms with Crippen LogP contribution < -0.4 is 15.4 Å². The van der Waals surface area contributed by atoms with E-state index >= 15 is 0 Å². The lowest BCUT2D eigenvalue weighted by Crippen LogP contribution is -2.47. The van der Waals surface area contributed by atoms with E-state index in [-0.39, 0.29) is 11.1 Å². The molecule has 0 spiro atoms. The number of amides is 1. The highest BCUT2D eigenvalue weighted by atomic mass is 28.4. The number of anilines is 1. The van der Waals surface area contributed by atoms with E-state index in [0.29, 0.717) is 19.1 Å². The van der Waals surface area contributed by atoms with Gasteiger partial charge >= 0.3 is 6.09 Å². The molecule has 1 aromatic rings. The minimum atomic E-state index is -1.71. The summed E-state index contributed by atoms with van der Waals surface area (Å²) < 4.78 is 17.5. The molecule has 6 nitrogen and oxygen atoms in total. The Morgan fingerprint density at radius 1 is 1.21 bits per heavy atom. The fourth-order valence-electron chi connectivity index (χ4n) is 3.60. The second-order valence-electron chi connectivity index (χ2n) is 9.43. The highest BCUT2D eigenvalue weighted by molar-refractivity contribution is 6.74. The van der Waals surface area contributed by atoms with Crippen LogP contribution in [0.2, 0.25) is 18.1 Å². The summed E-state index contributed by atoms with van der Waals surface area (Å²) in [7, 11) is -1.71. The molecule has 1 atom stereocenters. The average molecular weight is 407 g/mol. The van der Waals surface area contributed by atoms with E-state index in [4.69, 9.17) is 19.6 Å². The lowest BCUT2D eigenvalue weighted by molar-refractivity contribution is 0.0616. The lowest BCUT2D eigenvalue weighted by atomic mass is 10.0. The molecular formula is C21H34N2O4Si. The monoisotopic (exact) mass is 406 g/mol. The molecule has 2 N–H and O–H groups in total. The van der Waals surface area contributed by atoms with Gasteiger partial charge in [-0.05, 0) is 42.6 Å². The SMILES string of the molecule is CC(C)(C)[Si](C)(C)OC1CCN(c2ccc3c(c2)OC[C@H](OC(N)=O)C3)CC1. The van der Waals surface area contributed by atoms with Crippen molar-refractivity contribution in [3.63, 3.8) is 0 Å². The second-order valence-corrected chi connectivity index (χ2v) is 14.2. The molecule has 1 amide bonds. The van der Waals surface area contributed by atoms with Crippen LogP contribution in [0.3, 0.4) is 0 Å². The van der Waals surface area contributed by atoms with Crippen LogP contribution >= 0.6 is 0 Å². The van der Waals surface area contributed by atoms with Crippen molar-refractivity contribution >= 4 is 20.1 Å². The van der Waals surface area contributed by atoms with Crippen LogP contribution in [0.1, 0.15) is 39.2 Å². The predicted molar refractivity (Wildman–Crippen MR) is 114 cm³/mol. The number of fused-ring (bicyclic) bond motifs is 1. The van der Waals surface area contributed by atoms with Gasteiger partial charge in [0, 0.05) is 37.4 Å². The number of nitrogens with two attached hydrogens (primary N) is 1. The first-order valence-electron chi connectivity index (χ1n) is 10.2. The molecule has 1 saturated heterocycles. The molecule has 0 aliphatic carbocycles. The van der Waals surface area contributed by atoms with Crippen LogP contribution in [0.4, 0.5) is 10.5 Å². The number of hydrogen-bond donors (Lipinski definition) is 1. The van der Waals surface area contributed by atoms with Gasteiger partial charge in [0.1, 0.15) is 18.5 Å². The average Bonchev–Trinajstić information content (AvgIpc) is 2.60. The second kappa shape index (κ2) is 7.95. The minimum Gasteiger partial charge on any atom is -0.489 e. The molecule has 0 saturated carbocycles. The van der Waals surface area contributed by atoms with Gasteiger partial charge < -0.3 is 24.5 Å². The first kappa shape index (κ1) is 21.0. The Hall–Kier alpha value is -1.73. The highest BCUT2D eigenvalue weighted by Gasteiger charge is 2.39. The summed E-state index contributed by atoms with van der Waals surface area (Å²) in [5.41, 5.74) is 7.34.